The molecule has 4 heteroatoms. The Kier molecular flexibility index (Phi) is 1.00. The Hall–Kier alpha value is -1.32. The molecular weight excluding hydrogens is 132 g/mol. The predicted octanol–water partition coefficient (Wildman–Crippen LogP) is 0.616. The minimum absolute atomic E-state index is 0.285. The Morgan fingerprint density at radius 3 is 3.40 bits per heavy atom. The van der Waals surface area contributed by atoms with E-state index < -0.39 is 0 Å². The first-order chi connectivity index (χ1) is 4.88. The Bertz CT molecular complexity index is 321. The van der Waals surface area contributed by atoms with Crippen LogP contribution < -0.4 is 5.63 Å². The van der Waals surface area contributed by atoms with Gasteiger partial charge >= 0.3 is 5.63 Å². The highest BCUT2D eigenvalue weighted by molar-refractivity contribution is 5.66. The average Bonchev–Trinajstić information content (AvgIpc) is 2.34. The molecule has 0 amide bonds. The van der Waals surface area contributed by atoms with Gasteiger partial charge in [-0.25, -0.2) is 9.79 Å². The van der Waals surface area contributed by atoms with Crippen LogP contribution in [0.5, 0.6) is 0 Å². The molecule has 0 spiro atoms. The zero-order valence-electron chi connectivity index (χ0n) is 5.26. The Balaban J connectivity index is 2.68. The molecule has 52 valence electrons. The van der Waals surface area contributed by atoms with Crippen molar-refractivity contribution in [2.24, 2.45) is 4.99 Å². The molecule has 4 nitrogen and oxygen atoms in total. The summed E-state index contributed by atoms with van der Waals surface area (Å²) in [6, 6.07) is 0. The number of aliphatic imine (C=N–C) groups is 1. The molecule has 0 radical (unpaired) electrons. The van der Waals surface area contributed by atoms with Crippen molar-refractivity contribution in [3.05, 3.63) is 16.0 Å². The van der Waals surface area contributed by atoms with E-state index >= 15 is 0 Å². The van der Waals surface area contributed by atoms with Gasteiger partial charge < -0.3 is 4.52 Å². The molecule has 10 heavy (non-hydrogen) atoms. The molecule has 0 aliphatic carbocycles. The van der Waals surface area contributed by atoms with Gasteiger partial charge in [0.1, 0.15) is 0 Å². The van der Waals surface area contributed by atoms with E-state index in [-0.39, 0.29) is 5.63 Å². The fourth-order valence-electron chi connectivity index (χ4n) is 1.00. The summed E-state index contributed by atoms with van der Waals surface area (Å²) in [7, 11) is 0. The van der Waals surface area contributed by atoms with Gasteiger partial charge in [-0.3, -0.25) is 0 Å². The van der Waals surface area contributed by atoms with E-state index in [1.165, 1.54) is 0 Å². The molecular formula is C6H6N2O2. The molecule has 0 unspecified atom stereocenters. The summed E-state index contributed by atoms with van der Waals surface area (Å²) >= 11 is 0. The van der Waals surface area contributed by atoms with Crippen LogP contribution in [0, 0.1) is 0 Å². The van der Waals surface area contributed by atoms with Crippen molar-refractivity contribution in [2.45, 2.75) is 12.8 Å². The highest BCUT2D eigenvalue weighted by Gasteiger charge is 2.12. The zero-order valence-corrected chi connectivity index (χ0v) is 5.26. The first-order valence-electron chi connectivity index (χ1n) is 3.11. The van der Waals surface area contributed by atoms with E-state index in [1.54, 1.807) is 6.21 Å². The molecule has 0 atom stereocenters. The highest BCUT2D eigenvalue weighted by atomic mass is 16.5. The lowest BCUT2D eigenvalue weighted by Gasteiger charge is -1.97. The van der Waals surface area contributed by atoms with E-state index in [9.17, 15) is 4.79 Å². The normalized spacial score (nSPS) is 15.2. The summed E-state index contributed by atoms with van der Waals surface area (Å²) in [6.07, 6.45) is 3.34. The van der Waals surface area contributed by atoms with Crippen LogP contribution in [0.4, 0.5) is 5.82 Å². The molecule has 0 saturated carbocycles. The van der Waals surface area contributed by atoms with Gasteiger partial charge in [0.15, 0.2) is 5.82 Å². The second-order valence-corrected chi connectivity index (χ2v) is 2.17. The highest BCUT2D eigenvalue weighted by Crippen LogP contribution is 2.16. The van der Waals surface area contributed by atoms with E-state index in [0.29, 0.717) is 11.4 Å². The number of fused-ring (bicyclic) bond motifs is 1. The van der Waals surface area contributed by atoms with Gasteiger partial charge in [-0.2, -0.15) is 5.16 Å². The molecule has 2 rings (SSSR count). The lowest BCUT2D eigenvalue weighted by Crippen LogP contribution is -2.03. The Morgan fingerprint density at radius 1 is 1.70 bits per heavy atom. The smallest absolute Gasteiger partial charge is 0.337 e. The second kappa shape index (κ2) is 1.83. The lowest BCUT2D eigenvalue weighted by atomic mass is 10.1. The standard InChI is InChI=1S/C6H6N2O2/c9-6-4-2-1-3-7-5(4)8-10-6/h3,8H,1-2H2. The van der Waals surface area contributed by atoms with Crippen LogP contribution in [-0.2, 0) is 6.42 Å². The minimum atomic E-state index is -0.285. The van der Waals surface area contributed by atoms with Crippen LogP contribution in [0.1, 0.15) is 12.0 Å². The lowest BCUT2D eigenvalue weighted by molar-refractivity contribution is 0.392. The second-order valence-electron chi connectivity index (χ2n) is 2.17. The zero-order chi connectivity index (χ0) is 6.97. The Morgan fingerprint density at radius 2 is 2.60 bits per heavy atom. The van der Waals surface area contributed by atoms with Gasteiger partial charge in [0.05, 0.1) is 5.56 Å². The quantitative estimate of drug-likeness (QED) is 0.571. The third-order valence-electron chi connectivity index (χ3n) is 1.52. The summed E-state index contributed by atoms with van der Waals surface area (Å²) in [5.41, 5.74) is 0.384. The molecule has 1 aliphatic rings. The minimum Gasteiger partial charge on any atom is -0.337 e. The molecule has 0 fully saturated rings. The van der Waals surface area contributed by atoms with Crippen molar-refractivity contribution in [1.29, 1.82) is 0 Å². The fraction of sp³-hybridized carbons (Fsp3) is 0.333. The number of hydrogen-bond donors (Lipinski definition) is 1. The van der Waals surface area contributed by atoms with E-state index in [0.717, 1.165) is 12.8 Å². The van der Waals surface area contributed by atoms with Crippen LogP contribution in [-0.4, -0.2) is 11.4 Å². The van der Waals surface area contributed by atoms with Crippen molar-refractivity contribution in [3.63, 3.8) is 0 Å². The van der Waals surface area contributed by atoms with Gasteiger partial charge in [0, 0.05) is 6.21 Å². The third-order valence-corrected chi connectivity index (χ3v) is 1.52. The van der Waals surface area contributed by atoms with Crippen molar-refractivity contribution in [1.82, 2.24) is 5.16 Å². The van der Waals surface area contributed by atoms with Crippen LogP contribution in [0.25, 0.3) is 0 Å². The summed E-state index contributed by atoms with van der Waals surface area (Å²) < 4.78 is 4.52. The van der Waals surface area contributed by atoms with Gasteiger partial charge in [-0.05, 0) is 12.8 Å². The van der Waals surface area contributed by atoms with Crippen LogP contribution in [0.2, 0.25) is 0 Å². The molecule has 1 aromatic rings. The summed E-state index contributed by atoms with van der Waals surface area (Å²) in [6.45, 7) is 0. The largest absolute Gasteiger partial charge is 0.362 e. The van der Waals surface area contributed by atoms with Crippen molar-refractivity contribution in [3.8, 4) is 0 Å². The molecule has 1 aromatic heterocycles. The fourth-order valence-corrected chi connectivity index (χ4v) is 1.00. The summed E-state index contributed by atoms with van der Waals surface area (Å²) in [4.78, 5) is 14.7. The van der Waals surface area contributed by atoms with Crippen LogP contribution in [0.15, 0.2) is 14.3 Å². The number of rotatable bonds is 0. The first-order valence-corrected chi connectivity index (χ1v) is 3.11. The first kappa shape index (κ1) is 5.46. The van der Waals surface area contributed by atoms with Gasteiger partial charge in [0.2, 0.25) is 0 Å². The maximum Gasteiger partial charge on any atom is 0.362 e. The third kappa shape index (κ3) is 0.618. The molecule has 1 aliphatic heterocycles. The SMILES string of the molecule is O=c1o[nH]c2c1CCC=N2. The van der Waals surface area contributed by atoms with E-state index in [1.807, 2.05) is 0 Å². The topological polar surface area (TPSA) is 58.4 Å². The number of hydrogen-bond acceptors (Lipinski definition) is 3. The predicted molar refractivity (Wildman–Crippen MR) is 35.8 cm³/mol. The summed E-state index contributed by atoms with van der Waals surface area (Å²) in [5, 5.41) is 2.44. The maximum atomic E-state index is 10.8. The van der Waals surface area contributed by atoms with Gasteiger partial charge in [0.25, 0.3) is 0 Å². The Labute approximate surface area is 56.5 Å². The molecule has 0 saturated heterocycles. The average molecular weight is 138 g/mol. The van der Waals surface area contributed by atoms with E-state index in [2.05, 4.69) is 14.7 Å². The van der Waals surface area contributed by atoms with Crippen molar-refractivity contribution >= 4 is 12.0 Å². The number of nitrogens with one attached hydrogen (secondary N) is 1. The maximum absolute atomic E-state index is 10.8. The van der Waals surface area contributed by atoms with Gasteiger partial charge in [-0.15, -0.1) is 0 Å². The number of aromatic nitrogens is 1. The van der Waals surface area contributed by atoms with Crippen molar-refractivity contribution < 1.29 is 4.52 Å². The number of aromatic amines is 1. The van der Waals surface area contributed by atoms with Crippen LogP contribution in [0.3, 0.4) is 0 Å². The number of H-pyrrole nitrogens is 1. The molecule has 2 heterocycles. The molecule has 0 aromatic carbocycles. The van der Waals surface area contributed by atoms with Crippen molar-refractivity contribution in [2.75, 3.05) is 0 Å². The summed E-state index contributed by atoms with van der Waals surface area (Å²) in [5.74, 6) is 0.580. The van der Waals surface area contributed by atoms with Crippen LogP contribution >= 0.6 is 0 Å². The molecule has 0 bridgehead atoms. The molecule has 1 N–H and O–H groups in total. The number of nitrogens with zero attached hydrogens (tertiary/aromatic N) is 1. The van der Waals surface area contributed by atoms with Gasteiger partial charge in [-0.1, -0.05) is 0 Å². The monoisotopic (exact) mass is 138 g/mol. The van der Waals surface area contributed by atoms with E-state index in [4.69, 9.17) is 0 Å².